The quantitative estimate of drug-likeness (QED) is 0.0989. The lowest BCUT2D eigenvalue weighted by Gasteiger charge is -2.59. The van der Waals surface area contributed by atoms with Gasteiger partial charge in [-0.2, -0.15) is 0 Å². The van der Waals surface area contributed by atoms with Gasteiger partial charge in [0.05, 0.1) is 17.8 Å². The minimum absolute atomic E-state index is 0.0234. The number of carbonyl (C=O) groups excluding carboxylic acids is 3. The lowest BCUT2D eigenvalue weighted by atomic mass is 9.57. The number of carbonyl (C=O) groups is 3. The fourth-order valence-electron chi connectivity index (χ4n) is 11.9. The number of piperidine rings is 1. The number of aromatic hydroxyl groups is 1. The molecule has 2 aromatic carbocycles. The zero-order chi connectivity index (χ0) is 48.9. The molecule has 16 heteroatoms. The molecular formula is C54H65N11O5. The van der Waals surface area contributed by atoms with Gasteiger partial charge >= 0.3 is 6.03 Å². The maximum absolute atomic E-state index is 14.1. The summed E-state index contributed by atoms with van der Waals surface area (Å²) < 4.78 is 0. The van der Waals surface area contributed by atoms with Gasteiger partial charge in [-0.3, -0.25) is 9.59 Å². The van der Waals surface area contributed by atoms with Crippen LogP contribution in [0.4, 0.5) is 10.7 Å². The summed E-state index contributed by atoms with van der Waals surface area (Å²) in [6, 6.07) is 14.6. The molecular weight excluding hydrogens is 883 g/mol. The van der Waals surface area contributed by atoms with Crippen molar-refractivity contribution < 1.29 is 24.6 Å². The van der Waals surface area contributed by atoms with Gasteiger partial charge in [-0.1, -0.05) is 51.0 Å². The first kappa shape index (κ1) is 47.1. The van der Waals surface area contributed by atoms with Gasteiger partial charge in [0, 0.05) is 91.1 Å². The van der Waals surface area contributed by atoms with Crippen molar-refractivity contribution in [3.63, 3.8) is 0 Å². The van der Waals surface area contributed by atoms with Crippen LogP contribution in [0.25, 0.3) is 22.3 Å². The number of β-amino-alcohol motifs (C(OH)–C–C–N with tert-alkyl or cyclic N) is 1. The number of phenols is 1. The van der Waals surface area contributed by atoms with E-state index in [1.54, 1.807) is 12.1 Å². The molecule has 3 aromatic heterocycles. The van der Waals surface area contributed by atoms with Gasteiger partial charge in [-0.15, -0.1) is 16.6 Å². The fraction of sp³-hybridized carbons (Fsp3) is 0.500. The summed E-state index contributed by atoms with van der Waals surface area (Å²) in [5, 5.41) is 36.9. The summed E-state index contributed by atoms with van der Waals surface area (Å²) in [4.78, 5) is 62.6. The first-order valence-electron chi connectivity index (χ1n) is 25.0. The van der Waals surface area contributed by atoms with Gasteiger partial charge in [0.25, 0.3) is 0 Å². The number of nitrogens with zero attached hydrogens (tertiary/aromatic N) is 8. The molecule has 0 radical (unpaired) electrons. The van der Waals surface area contributed by atoms with Gasteiger partial charge in [0.2, 0.25) is 17.8 Å². The smallest absolute Gasteiger partial charge is 0.318 e. The number of hydrogen-bond donors (Lipinski definition) is 5. The molecule has 4 atom stereocenters. The lowest BCUT2D eigenvalue weighted by Crippen LogP contribution is -2.67. The molecule has 5 aliphatic rings. The number of nitrogens with one attached hydrogen (secondary N) is 3. The van der Waals surface area contributed by atoms with E-state index in [-0.39, 0.29) is 54.6 Å². The van der Waals surface area contributed by atoms with E-state index in [1.165, 1.54) is 16.0 Å². The number of likely N-dealkylation sites (tertiary alicyclic amines) is 3. The van der Waals surface area contributed by atoms with Crippen molar-refractivity contribution in [2.75, 3.05) is 50.7 Å². The topological polar surface area (TPSA) is 196 Å². The van der Waals surface area contributed by atoms with Gasteiger partial charge in [-0.05, 0) is 117 Å². The molecule has 4 aliphatic heterocycles. The lowest BCUT2D eigenvalue weighted by molar-refractivity contribution is -0.142. The van der Waals surface area contributed by atoms with Crippen molar-refractivity contribution in [1.29, 1.82) is 0 Å². The normalized spacial score (nSPS) is 22.0. The summed E-state index contributed by atoms with van der Waals surface area (Å²) in [5.41, 5.74) is 6.69. The Balaban J connectivity index is 0.660. The minimum atomic E-state index is -0.873. The zero-order valence-corrected chi connectivity index (χ0v) is 40.7. The summed E-state index contributed by atoms with van der Waals surface area (Å²) in [6.07, 6.45) is 15.2. The van der Waals surface area contributed by atoms with Gasteiger partial charge < -0.3 is 45.4 Å². The van der Waals surface area contributed by atoms with Crippen LogP contribution >= 0.6 is 0 Å². The Morgan fingerprint density at radius 1 is 1.00 bits per heavy atom. The van der Waals surface area contributed by atoms with Crippen LogP contribution in [0.15, 0.2) is 67.0 Å². The number of rotatable bonds is 11. The number of aromatic amines is 1. The molecule has 70 heavy (non-hydrogen) atoms. The maximum Gasteiger partial charge on any atom is 0.318 e. The molecule has 3 saturated heterocycles. The minimum Gasteiger partial charge on any atom is -0.507 e. The van der Waals surface area contributed by atoms with Crippen molar-refractivity contribution in [1.82, 2.24) is 50.5 Å². The summed E-state index contributed by atoms with van der Waals surface area (Å²) in [7, 11) is 0. The number of hydrogen-bond acceptors (Lipinski definition) is 11. The first-order valence-corrected chi connectivity index (χ1v) is 25.0. The van der Waals surface area contributed by atoms with E-state index < -0.39 is 23.6 Å². The van der Waals surface area contributed by atoms with E-state index in [1.807, 2.05) is 80.5 Å². The summed E-state index contributed by atoms with van der Waals surface area (Å²) in [6.45, 7) is 13.5. The number of H-pyrrole nitrogens is 1. The van der Waals surface area contributed by atoms with Crippen molar-refractivity contribution in [2.24, 2.45) is 16.7 Å². The third kappa shape index (κ3) is 9.41. The number of aliphatic hydroxyl groups excluding tert-OH is 1. The molecule has 366 valence electrons. The second-order valence-electron chi connectivity index (χ2n) is 21.7. The van der Waals surface area contributed by atoms with Gasteiger partial charge in [-0.25, -0.2) is 14.8 Å². The number of amides is 4. The highest BCUT2D eigenvalue weighted by Crippen LogP contribution is 2.53. The maximum atomic E-state index is 14.1. The third-order valence-corrected chi connectivity index (χ3v) is 15.8. The molecule has 10 rings (SSSR count). The molecule has 0 unspecified atom stereocenters. The van der Waals surface area contributed by atoms with Crippen LogP contribution in [-0.4, -0.2) is 132 Å². The summed E-state index contributed by atoms with van der Waals surface area (Å²) in [5.74, 6) is 3.85. The van der Waals surface area contributed by atoms with Gasteiger partial charge in [0.1, 0.15) is 17.8 Å². The molecule has 1 aliphatic carbocycles. The number of phenolic OH excluding ortho intramolecular Hbond substituents is 1. The van der Waals surface area contributed by atoms with Gasteiger partial charge in [0.15, 0.2) is 5.65 Å². The van der Waals surface area contributed by atoms with Crippen molar-refractivity contribution in [2.45, 2.75) is 109 Å². The van der Waals surface area contributed by atoms with E-state index in [9.17, 15) is 24.6 Å². The van der Waals surface area contributed by atoms with E-state index in [4.69, 9.17) is 16.4 Å². The Morgan fingerprint density at radius 2 is 1.73 bits per heavy atom. The number of aliphatic hydroxyl groups is 1. The highest BCUT2D eigenvalue weighted by molar-refractivity contribution is 5.93. The number of terminal acetylenes is 1. The van der Waals surface area contributed by atoms with Crippen LogP contribution in [0.3, 0.4) is 0 Å². The van der Waals surface area contributed by atoms with E-state index in [0.29, 0.717) is 36.2 Å². The number of anilines is 1. The zero-order valence-electron chi connectivity index (χ0n) is 40.7. The largest absolute Gasteiger partial charge is 0.507 e. The van der Waals surface area contributed by atoms with E-state index >= 15 is 0 Å². The first-order chi connectivity index (χ1) is 33.6. The second-order valence-corrected chi connectivity index (χ2v) is 21.7. The van der Waals surface area contributed by atoms with E-state index in [0.717, 1.165) is 98.5 Å². The Labute approximate surface area is 409 Å². The number of urea groups is 1. The molecule has 1 saturated carbocycles. The molecule has 1 spiro atoms. The molecule has 4 fully saturated rings. The Bertz CT molecular complexity index is 2780. The Kier molecular flexibility index (Phi) is 12.8. The van der Waals surface area contributed by atoms with Crippen LogP contribution in [0.5, 0.6) is 5.75 Å². The number of fused-ring (bicyclic) bond motifs is 3. The van der Waals surface area contributed by atoms with Crippen LogP contribution in [0.2, 0.25) is 0 Å². The summed E-state index contributed by atoms with van der Waals surface area (Å²) >= 11 is 0. The number of para-hydroxylation sites is 1. The predicted molar refractivity (Wildman–Crippen MR) is 266 cm³/mol. The van der Waals surface area contributed by atoms with Crippen LogP contribution in [0.1, 0.15) is 106 Å². The van der Waals surface area contributed by atoms with Crippen LogP contribution in [-0.2, 0) is 22.6 Å². The fourth-order valence-corrected chi connectivity index (χ4v) is 11.9. The van der Waals surface area contributed by atoms with E-state index in [2.05, 4.69) is 48.5 Å². The van der Waals surface area contributed by atoms with Crippen LogP contribution in [0, 0.1) is 29.1 Å². The number of benzene rings is 2. The van der Waals surface area contributed by atoms with Crippen molar-refractivity contribution in [3.8, 4) is 29.4 Å². The third-order valence-electron chi connectivity index (χ3n) is 15.8. The number of aromatic nitrogens is 5. The molecule has 16 nitrogen and oxygen atoms in total. The average molecular weight is 948 g/mol. The Hall–Kier alpha value is -6.57. The average Bonchev–Trinajstić information content (AvgIpc) is 3.92. The monoisotopic (exact) mass is 948 g/mol. The molecule has 7 heterocycles. The van der Waals surface area contributed by atoms with Crippen molar-refractivity contribution in [3.05, 3.63) is 94.9 Å². The molecule has 5 N–H and O–H groups in total. The SMILES string of the molecule is C#Cc1ccc(CNC(=O)[C@@H]2C[C@@H](O)CN2C(=O)[C@@H](NC(=O)N2CC3(CC(CCN4CCC(c5cnc(N6CCc7[nH]c8nnc(-c9ccccc9O)cc8c7[C@H]6C)nc5)CC4)C3)C2)C(C)(C)C)cc1. The van der Waals surface area contributed by atoms with Crippen molar-refractivity contribution >= 4 is 34.8 Å². The highest BCUT2D eigenvalue weighted by atomic mass is 16.3. The molecule has 4 amide bonds. The predicted octanol–water partition coefficient (Wildman–Crippen LogP) is 5.91. The molecule has 0 bridgehead atoms. The highest BCUT2D eigenvalue weighted by Gasteiger charge is 2.54. The Morgan fingerprint density at radius 3 is 2.43 bits per heavy atom. The molecule has 5 aromatic rings. The standard InChI is InChI=1S/C54H65N11O5/c1-6-34-11-13-35(14-12-34)27-55-49(68)44-23-39(66)30-65(44)50(69)47(53(3,4)5)59-52(70)63-31-54(32-63)25-36(26-54)15-19-62-20-16-37(17-21-62)38-28-56-51(57-29-38)64-22-18-42-46(33(64)2)41-24-43(60-61-48(41)58-42)40-9-7-8-10-45(40)67/h1,7-14,24,28-29,33,36-37,39,44,47,66-67H,15-23,25-27,30-32H2,2-5H3,(H,55,68)(H,58,61)(H,59,70)/t33-,39-,44+,47-/m1/s1. The second kappa shape index (κ2) is 19.0. The van der Waals surface area contributed by atoms with Crippen LogP contribution < -0.4 is 15.5 Å².